The van der Waals surface area contributed by atoms with E-state index in [1.54, 1.807) is 0 Å². The van der Waals surface area contributed by atoms with Gasteiger partial charge in [0.05, 0.1) is 11.4 Å². The number of nitrogens with one attached hydrogen (secondary N) is 2. The van der Waals surface area contributed by atoms with E-state index in [1.807, 2.05) is 0 Å². The molecule has 6 nitrogen and oxygen atoms in total. The number of carbonyl (C=O) groups excluding carboxylic acids is 1. The highest BCUT2D eigenvalue weighted by atomic mass is 16.1. The van der Waals surface area contributed by atoms with Gasteiger partial charge in [-0.25, -0.2) is 0 Å². The molecule has 0 saturated heterocycles. The molecular formula is C15H27N5O. The highest BCUT2D eigenvalue weighted by molar-refractivity contribution is 5.97. The highest BCUT2D eigenvalue weighted by Crippen LogP contribution is 2.42. The van der Waals surface area contributed by atoms with Crippen LogP contribution in [0.25, 0.3) is 0 Å². The van der Waals surface area contributed by atoms with Crippen molar-refractivity contribution in [1.29, 1.82) is 0 Å². The fraction of sp³-hybridized carbons (Fsp3) is 0.733. The Bertz CT molecular complexity index is 482. The number of amides is 1. The van der Waals surface area contributed by atoms with Gasteiger partial charge >= 0.3 is 0 Å². The number of anilines is 1. The van der Waals surface area contributed by atoms with Crippen LogP contribution in [0.4, 0.5) is 5.69 Å². The summed E-state index contributed by atoms with van der Waals surface area (Å²) in [6.45, 7) is 10.1. The van der Waals surface area contributed by atoms with Gasteiger partial charge in [0.1, 0.15) is 0 Å². The third-order valence-corrected chi connectivity index (χ3v) is 4.02. The minimum absolute atomic E-state index is 0.192. The van der Waals surface area contributed by atoms with Crippen LogP contribution in [0.15, 0.2) is 0 Å². The summed E-state index contributed by atoms with van der Waals surface area (Å²) in [5.74, 6) is 0.277. The van der Waals surface area contributed by atoms with Gasteiger partial charge in [-0.1, -0.05) is 0 Å². The number of hydrogen-bond acceptors (Lipinski definition) is 4. The van der Waals surface area contributed by atoms with Gasteiger partial charge in [-0.2, -0.15) is 5.10 Å². The molecule has 1 aliphatic rings. The fourth-order valence-corrected chi connectivity index (χ4v) is 2.72. The molecule has 0 aliphatic heterocycles. The van der Waals surface area contributed by atoms with Crippen LogP contribution in [-0.2, 0) is 0 Å². The van der Waals surface area contributed by atoms with Gasteiger partial charge < -0.3 is 11.1 Å². The zero-order chi connectivity index (χ0) is 15.6. The Balaban J connectivity index is 1.87. The van der Waals surface area contributed by atoms with Gasteiger partial charge in [0.15, 0.2) is 5.69 Å². The Morgan fingerprint density at radius 3 is 2.52 bits per heavy atom. The van der Waals surface area contributed by atoms with Crippen molar-refractivity contribution in [2.75, 3.05) is 18.8 Å². The molecule has 1 fully saturated rings. The molecule has 4 N–H and O–H groups in total. The van der Waals surface area contributed by atoms with Crippen LogP contribution in [0, 0.1) is 0 Å². The first-order valence-corrected chi connectivity index (χ1v) is 7.79. The molecule has 0 atom stereocenters. The second-order valence-electron chi connectivity index (χ2n) is 6.36. The number of carbonyl (C=O) groups is 1. The van der Waals surface area contributed by atoms with Crippen LogP contribution >= 0.6 is 0 Å². The van der Waals surface area contributed by atoms with Crippen LogP contribution in [0.2, 0.25) is 0 Å². The van der Waals surface area contributed by atoms with Gasteiger partial charge in [-0.15, -0.1) is 0 Å². The summed E-state index contributed by atoms with van der Waals surface area (Å²) in [4.78, 5) is 14.5. The van der Waals surface area contributed by atoms with Gasteiger partial charge in [0.2, 0.25) is 0 Å². The van der Waals surface area contributed by atoms with Crippen molar-refractivity contribution in [1.82, 2.24) is 20.4 Å². The summed E-state index contributed by atoms with van der Waals surface area (Å²) >= 11 is 0. The lowest BCUT2D eigenvalue weighted by Crippen LogP contribution is -2.42. The van der Waals surface area contributed by atoms with Crippen molar-refractivity contribution < 1.29 is 4.79 Å². The maximum atomic E-state index is 12.2. The maximum Gasteiger partial charge on any atom is 0.273 e. The molecule has 0 radical (unpaired) electrons. The molecule has 0 spiro atoms. The molecular weight excluding hydrogens is 266 g/mol. The van der Waals surface area contributed by atoms with E-state index in [1.165, 1.54) is 0 Å². The summed E-state index contributed by atoms with van der Waals surface area (Å²) in [6, 6.07) is 0.914. The van der Waals surface area contributed by atoms with E-state index in [0.29, 0.717) is 35.9 Å². The average molecular weight is 293 g/mol. The molecule has 0 bridgehead atoms. The van der Waals surface area contributed by atoms with Crippen molar-refractivity contribution >= 4 is 11.6 Å². The molecule has 6 heteroatoms. The number of aromatic amines is 1. The van der Waals surface area contributed by atoms with Crippen LogP contribution in [0.3, 0.4) is 0 Å². The van der Waals surface area contributed by atoms with Crippen LogP contribution in [-0.4, -0.2) is 46.2 Å². The van der Waals surface area contributed by atoms with Gasteiger partial charge in [-0.05, 0) is 40.5 Å². The van der Waals surface area contributed by atoms with Crippen molar-refractivity contribution in [3.05, 3.63) is 11.4 Å². The summed E-state index contributed by atoms with van der Waals surface area (Å²) in [5, 5.41) is 9.89. The lowest BCUT2D eigenvalue weighted by Gasteiger charge is -2.30. The highest BCUT2D eigenvalue weighted by Gasteiger charge is 2.30. The Labute approximate surface area is 126 Å². The van der Waals surface area contributed by atoms with E-state index in [9.17, 15) is 4.79 Å². The first-order chi connectivity index (χ1) is 9.91. The predicted molar refractivity (Wildman–Crippen MR) is 84.3 cm³/mol. The molecule has 118 valence electrons. The number of aromatic nitrogens is 2. The quantitative estimate of drug-likeness (QED) is 0.714. The lowest BCUT2D eigenvalue weighted by atomic mass is 10.2. The van der Waals surface area contributed by atoms with Crippen LogP contribution in [0.1, 0.15) is 62.6 Å². The standard InChI is InChI=1S/C15H27N5O/c1-9(2)20(10(3)4)8-7-17-15(21)14-12(16)13(18-19-14)11-5-6-11/h9-11H,5-8,16H2,1-4H3,(H,17,21)(H,18,19). The monoisotopic (exact) mass is 293 g/mol. The molecule has 0 aromatic carbocycles. The lowest BCUT2D eigenvalue weighted by molar-refractivity contribution is 0.0935. The van der Waals surface area contributed by atoms with Crippen molar-refractivity contribution in [2.24, 2.45) is 0 Å². The first-order valence-electron chi connectivity index (χ1n) is 7.79. The Hall–Kier alpha value is -1.56. The normalized spacial score (nSPS) is 15.2. The summed E-state index contributed by atoms with van der Waals surface area (Å²) in [6.07, 6.45) is 2.26. The van der Waals surface area contributed by atoms with Crippen LogP contribution < -0.4 is 11.1 Å². The van der Waals surface area contributed by atoms with E-state index >= 15 is 0 Å². The predicted octanol–water partition coefficient (Wildman–Crippen LogP) is 1.72. The van der Waals surface area contributed by atoms with Crippen LogP contribution in [0.5, 0.6) is 0 Å². The molecule has 0 unspecified atom stereocenters. The molecule has 1 saturated carbocycles. The van der Waals surface area contributed by atoms with Crippen molar-refractivity contribution in [2.45, 2.75) is 58.5 Å². The zero-order valence-electron chi connectivity index (χ0n) is 13.4. The molecule has 1 amide bonds. The third kappa shape index (κ3) is 3.75. The number of nitrogens with two attached hydrogens (primary N) is 1. The Morgan fingerprint density at radius 2 is 2.00 bits per heavy atom. The first kappa shape index (κ1) is 15.8. The SMILES string of the molecule is CC(C)N(CCNC(=O)c1n[nH]c(C2CC2)c1N)C(C)C. The fourth-order valence-electron chi connectivity index (χ4n) is 2.72. The molecule has 1 aromatic heterocycles. The molecule has 2 rings (SSSR count). The topological polar surface area (TPSA) is 87.0 Å². The van der Waals surface area contributed by atoms with Crippen molar-refractivity contribution in [3.8, 4) is 0 Å². The third-order valence-electron chi connectivity index (χ3n) is 4.02. The van der Waals surface area contributed by atoms with Gasteiger partial charge in [0.25, 0.3) is 5.91 Å². The number of nitrogens with zero attached hydrogens (tertiary/aromatic N) is 2. The van der Waals surface area contributed by atoms with E-state index in [4.69, 9.17) is 5.73 Å². The largest absolute Gasteiger partial charge is 0.395 e. The van der Waals surface area contributed by atoms with E-state index < -0.39 is 0 Å². The number of nitrogen functional groups attached to an aromatic ring is 1. The summed E-state index contributed by atoms with van der Waals surface area (Å²) in [5.41, 5.74) is 7.78. The van der Waals surface area contributed by atoms with E-state index in [2.05, 4.69) is 48.1 Å². The summed E-state index contributed by atoms with van der Waals surface area (Å²) < 4.78 is 0. The van der Waals surface area contributed by atoms with E-state index in [0.717, 1.165) is 25.1 Å². The second-order valence-corrected chi connectivity index (χ2v) is 6.36. The van der Waals surface area contributed by atoms with Gasteiger partial charge in [-0.3, -0.25) is 14.8 Å². The zero-order valence-corrected chi connectivity index (χ0v) is 13.4. The molecule has 1 aliphatic carbocycles. The summed E-state index contributed by atoms with van der Waals surface area (Å²) in [7, 11) is 0. The Morgan fingerprint density at radius 1 is 1.38 bits per heavy atom. The number of rotatable bonds is 7. The molecule has 21 heavy (non-hydrogen) atoms. The number of hydrogen-bond donors (Lipinski definition) is 3. The minimum atomic E-state index is -0.192. The minimum Gasteiger partial charge on any atom is -0.395 e. The average Bonchev–Trinajstić information content (AvgIpc) is 3.17. The van der Waals surface area contributed by atoms with E-state index in [-0.39, 0.29) is 5.91 Å². The number of H-pyrrole nitrogens is 1. The van der Waals surface area contributed by atoms with Crippen molar-refractivity contribution in [3.63, 3.8) is 0 Å². The maximum absolute atomic E-state index is 12.2. The Kier molecular flexibility index (Phi) is 4.88. The second kappa shape index (κ2) is 6.47. The molecule has 1 heterocycles. The molecule has 1 aromatic rings. The smallest absolute Gasteiger partial charge is 0.273 e. The van der Waals surface area contributed by atoms with Gasteiger partial charge in [0, 0.05) is 31.1 Å².